The molecule has 1 aromatic heterocycles. The summed E-state index contributed by atoms with van der Waals surface area (Å²) in [5, 5.41) is 0. The molecule has 2 N–H and O–H groups in total. The van der Waals surface area contributed by atoms with E-state index in [4.69, 9.17) is 5.73 Å². The molecule has 2 heteroatoms. The second-order valence-electron chi connectivity index (χ2n) is 5.21. The number of pyridine rings is 1. The van der Waals surface area contributed by atoms with Crippen LogP contribution in [-0.4, -0.2) is 4.98 Å². The van der Waals surface area contributed by atoms with Gasteiger partial charge in [0.05, 0.1) is 0 Å². The highest BCUT2D eigenvalue weighted by Gasteiger charge is 2.39. The fourth-order valence-corrected chi connectivity index (χ4v) is 3.52. The zero-order valence-corrected chi connectivity index (χ0v) is 9.02. The fourth-order valence-electron chi connectivity index (χ4n) is 3.52. The van der Waals surface area contributed by atoms with Crippen LogP contribution in [0, 0.1) is 17.8 Å². The summed E-state index contributed by atoms with van der Waals surface area (Å²) in [6.07, 6.45) is 10.7. The zero-order valence-electron chi connectivity index (χ0n) is 9.02. The maximum atomic E-state index is 5.96. The van der Waals surface area contributed by atoms with Crippen molar-refractivity contribution < 1.29 is 0 Å². The molecule has 0 saturated heterocycles. The molecule has 0 aliphatic heterocycles. The Labute approximate surface area is 90.9 Å². The Kier molecular flexibility index (Phi) is 2.15. The van der Waals surface area contributed by atoms with Gasteiger partial charge in [0, 0.05) is 18.1 Å². The molecule has 2 aliphatic carbocycles. The molecule has 1 aromatic rings. The molecule has 0 amide bonds. The summed E-state index contributed by atoms with van der Waals surface area (Å²) in [5.74, 6) is 2.89. The van der Waals surface area contributed by atoms with E-state index in [-0.39, 0.29) is 0 Å². The van der Waals surface area contributed by atoms with Crippen LogP contribution in [0.3, 0.4) is 0 Å². The summed E-state index contributed by atoms with van der Waals surface area (Å²) < 4.78 is 0. The minimum atomic E-state index is 0.884. The highest BCUT2D eigenvalue weighted by atomic mass is 14.7. The van der Waals surface area contributed by atoms with Crippen molar-refractivity contribution in [1.82, 2.24) is 4.98 Å². The largest absolute Gasteiger partial charge is 0.398 e. The Morgan fingerprint density at radius 1 is 1.33 bits per heavy atom. The molecule has 0 radical (unpaired) electrons. The van der Waals surface area contributed by atoms with Gasteiger partial charge in [0.2, 0.25) is 0 Å². The minimum Gasteiger partial charge on any atom is -0.398 e. The Balaban J connectivity index is 1.73. The molecule has 2 fully saturated rings. The molecule has 2 aliphatic rings. The smallest absolute Gasteiger partial charge is 0.0377 e. The van der Waals surface area contributed by atoms with Crippen molar-refractivity contribution in [3.8, 4) is 0 Å². The fraction of sp³-hybridized carbons (Fsp3) is 0.615. The monoisotopic (exact) mass is 202 g/mol. The van der Waals surface area contributed by atoms with Crippen LogP contribution in [-0.2, 0) is 6.42 Å². The second-order valence-corrected chi connectivity index (χ2v) is 5.21. The van der Waals surface area contributed by atoms with E-state index in [1.165, 1.54) is 31.2 Å². The first-order valence-electron chi connectivity index (χ1n) is 6.01. The van der Waals surface area contributed by atoms with Crippen molar-refractivity contribution in [2.75, 3.05) is 5.73 Å². The van der Waals surface area contributed by atoms with Gasteiger partial charge in [-0.15, -0.1) is 0 Å². The first-order valence-corrected chi connectivity index (χ1v) is 6.01. The Morgan fingerprint density at radius 2 is 2.27 bits per heavy atom. The van der Waals surface area contributed by atoms with Crippen molar-refractivity contribution in [3.05, 3.63) is 24.0 Å². The van der Waals surface area contributed by atoms with Gasteiger partial charge in [-0.05, 0) is 55.1 Å². The molecule has 2 nitrogen and oxygen atoms in total. The topological polar surface area (TPSA) is 38.9 Å². The number of hydrogen-bond acceptors (Lipinski definition) is 2. The van der Waals surface area contributed by atoms with Gasteiger partial charge < -0.3 is 5.73 Å². The molecule has 2 bridgehead atoms. The van der Waals surface area contributed by atoms with Gasteiger partial charge in [-0.3, -0.25) is 4.98 Å². The van der Waals surface area contributed by atoms with E-state index < -0.39 is 0 Å². The first-order chi connectivity index (χ1) is 7.33. The normalized spacial score (nSPS) is 33.5. The first kappa shape index (κ1) is 9.20. The summed E-state index contributed by atoms with van der Waals surface area (Å²) in [6, 6.07) is 1.92. The van der Waals surface area contributed by atoms with Gasteiger partial charge in [0.15, 0.2) is 0 Å². The highest BCUT2D eigenvalue weighted by molar-refractivity contribution is 5.44. The third-order valence-corrected chi connectivity index (χ3v) is 4.31. The van der Waals surface area contributed by atoms with Crippen LogP contribution in [0.4, 0.5) is 5.69 Å². The van der Waals surface area contributed by atoms with Crippen molar-refractivity contribution in [2.24, 2.45) is 17.8 Å². The van der Waals surface area contributed by atoms with E-state index in [1.807, 2.05) is 12.3 Å². The molecule has 3 atom stereocenters. The van der Waals surface area contributed by atoms with Gasteiger partial charge in [-0.2, -0.15) is 0 Å². The number of nitrogens with zero attached hydrogens (tertiary/aromatic N) is 1. The Morgan fingerprint density at radius 3 is 2.93 bits per heavy atom. The van der Waals surface area contributed by atoms with Crippen LogP contribution in [0.1, 0.15) is 31.2 Å². The van der Waals surface area contributed by atoms with E-state index in [2.05, 4.69) is 4.98 Å². The molecule has 0 aromatic carbocycles. The Hall–Kier alpha value is -1.05. The summed E-state index contributed by atoms with van der Waals surface area (Å²) >= 11 is 0. The summed E-state index contributed by atoms with van der Waals surface area (Å²) in [6.45, 7) is 0. The number of fused-ring (bicyclic) bond motifs is 2. The molecule has 3 rings (SSSR count). The second kappa shape index (κ2) is 3.51. The lowest BCUT2D eigenvalue weighted by molar-refractivity contribution is 0.331. The van der Waals surface area contributed by atoms with Crippen molar-refractivity contribution >= 4 is 5.69 Å². The van der Waals surface area contributed by atoms with E-state index in [0.29, 0.717) is 0 Å². The van der Waals surface area contributed by atoms with Crippen LogP contribution in [0.5, 0.6) is 0 Å². The summed E-state index contributed by atoms with van der Waals surface area (Å²) in [4.78, 5) is 4.17. The maximum absolute atomic E-state index is 5.96. The predicted octanol–water partition coefficient (Wildman–Crippen LogP) is 2.64. The van der Waals surface area contributed by atoms with Crippen LogP contribution in [0.2, 0.25) is 0 Å². The van der Waals surface area contributed by atoms with E-state index in [9.17, 15) is 0 Å². The Bertz CT molecular complexity index is 361. The molecule has 15 heavy (non-hydrogen) atoms. The van der Waals surface area contributed by atoms with Crippen LogP contribution in [0.15, 0.2) is 18.5 Å². The molecule has 0 spiro atoms. The summed E-state index contributed by atoms with van der Waals surface area (Å²) in [5.41, 5.74) is 8.14. The number of rotatable bonds is 2. The van der Waals surface area contributed by atoms with E-state index >= 15 is 0 Å². The lowest BCUT2D eigenvalue weighted by Crippen LogP contribution is -2.14. The quantitative estimate of drug-likeness (QED) is 0.800. The average molecular weight is 202 g/mol. The van der Waals surface area contributed by atoms with Gasteiger partial charge in [0.1, 0.15) is 0 Å². The van der Waals surface area contributed by atoms with E-state index in [0.717, 1.165) is 29.9 Å². The van der Waals surface area contributed by atoms with Gasteiger partial charge in [-0.25, -0.2) is 0 Å². The number of nitrogens with two attached hydrogens (primary N) is 1. The van der Waals surface area contributed by atoms with Crippen LogP contribution >= 0.6 is 0 Å². The molecular formula is C13H18N2. The molecular weight excluding hydrogens is 184 g/mol. The number of aromatic nitrogens is 1. The van der Waals surface area contributed by atoms with Gasteiger partial charge >= 0.3 is 0 Å². The number of anilines is 1. The third-order valence-electron chi connectivity index (χ3n) is 4.31. The molecule has 2 saturated carbocycles. The average Bonchev–Trinajstić information content (AvgIpc) is 2.83. The summed E-state index contributed by atoms with van der Waals surface area (Å²) in [7, 11) is 0. The SMILES string of the molecule is Nc1ccncc1CC1CC2CCC1C2. The lowest BCUT2D eigenvalue weighted by Gasteiger charge is -2.21. The zero-order chi connectivity index (χ0) is 10.3. The standard InChI is InChI=1S/C13H18N2/c14-13-3-4-15-8-12(13)7-11-6-9-1-2-10(11)5-9/h3-4,8-11H,1-2,5-7H2,(H2,14,15). The minimum absolute atomic E-state index is 0.884. The maximum Gasteiger partial charge on any atom is 0.0377 e. The molecule has 3 unspecified atom stereocenters. The van der Waals surface area contributed by atoms with Crippen molar-refractivity contribution in [3.63, 3.8) is 0 Å². The predicted molar refractivity (Wildman–Crippen MR) is 61.3 cm³/mol. The lowest BCUT2D eigenvalue weighted by atomic mass is 9.84. The van der Waals surface area contributed by atoms with Gasteiger partial charge in [0.25, 0.3) is 0 Å². The van der Waals surface area contributed by atoms with E-state index in [1.54, 1.807) is 6.20 Å². The van der Waals surface area contributed by atoms with Crippen LogP contribution in [0.25, 0.3) is 0 Å². The number of hydrogen-bond donors (Lipinski definition) is 1. The van der Waals surface area contributed by atoms with Crippen molar-refractivity contribution in [1.29, 1.82) is 0 Å². The van der Waals surface area contributed by atoms with Gasteiger partial charge in [-0.1, -0.05) is 6.42 Å². The van der Waals surface area contributed by atoms with Crippen LogP contribution < -0.4 is 5.73 Å². The number of nitrogen functional groups attached to an aromatic ring is 1. The molecule has 80 valence electrons. The third kappa shape index (κ3) is 1.62. The molecule has 1 heterocycles. The highest BCUT2D eigenvalue weighted by Crippen LogP contribution is 2.49. The van der Waals surface area contributed by atoms with Crippen molar-refractivity contribution in [2.45, 2.75) is 32.1 Å².